The van der Waals surface area contributed by atoms with Gasteiger partial charge in [-0.2, -0.15) is 0 Å². The Morgan fingerprint density at radius 3 is 2.02 bits per heavy atom. The van der Waals surface area contributed by atoms with Crippen molar-refractivity contribution in [3.63, 3.8) is 0 Å². The summed E-state index contributed by atoms with van der Waals surface area (Å²) in [5, 5.41) is 38.2. The second kappa shape index (κ2) is 17.9. The zero-order valence-corrected chi connectivity index (χ0v) is 35.5. The lowest BCUT2D eigenvalue weighted by atomic mass is 9.68. The lowest BCUT2D eigenvalue weighted by Crippen LogP contribution is -2.66. The van der Waals surface area contributed by atoms with Gasteiger partial charge in [0.05, 0.1) is 36.8 Å². The largest absolute Gasteiger partial charge is 0.505 e. The summed E-state index contributed by atoms with van der Waals surface area (Å²) in [6.07, 6.45) is 1.57. The van der Waals surface area contributed by atoms with E-state index in [1.165, 1.54) is 17.0 Å². The number of hydrogen-bond donors (Lipinski definition) is 4. The molecule has 0 saturated carbocycles. The van der Waals surface area contributed by atoms with Gasteiger partial charge in [-0.25, -0.2) is 4.39 Å². The molecular formula is C50H53FN2O6Si. The number of nitrogens with zero attached hydrogens (tertiary/aromatic N) is 1. The standard InChI is InChI=1S/C50H53FN2O6Si/c1-33(28-34-21-27-44(55)43(51)29-34)20-26-45(56)46-35(32-59-60(50(2,3)4,39-16-10-6-11-17-39)40-18-12-7-13-19-40)30-41-47(42(46)31-54)49(58)53(48(41)57)38-24-22-37(23-25-38)52-36-14-8-5-9-15-36/h5-19,21-25,27-29,41-42,45,47,52,54-56H,20,26,30-32H2,1-4H3/b33-28+/t41-,42+,45-,47-/m1/s1. The number of phenolic OH excluding ortho intramolecular Hbond substituents is 1. The number of carbonyl (C=O) groups excluding carboxylic acids is 2. The van der Waals surface area contributed by atoms with Gasteiger partial charge in [0, 0.05) is 17.3 Å². The summed E-state index contributed by atoms with van der Waals surface area (Å²) in [4.78, 5) is 30.2. The van der Waals surface area contributed by atoms with E-state index in [0.29, 0.717) is 28.8 Å². The van der Waals surface area contributed by atoms with E-state index in [2.05, 4.69) is 50.4 Å². The van der Waals surface area contributed by atoms with Gasteiger partial charge in [-0.15, -0.1) is 0 Å². The topological polar surface area (TPSA) is 119 Å². The molecule has 0 radical (unpaired) electrons. The first-order chi connectivity index (χ1) is 28.8. The molecule has 4 atom stereocenters. The number of carbonyl (C=O) groups is 2. The maximum absolute atomic E-state index is 14.5. The second-order valence-electron chi connectivity index (χ2n) is 16.9. The van der Waals surface area contributed by atoms with E-state index in [9.17, 15) is 29.3 Å². The van der Waals surface area contributed by atoms with E-state index in [1.807, 2.05) is 85.8 Å². The van der Waals surface area contributed by atoms with Crippen LogP contribution < -0.4 is 20.6 Å². The van der Waals surface area contributed by atoms with Crippen LogP contribution in [0.3, 0.4) is 0 Å². The van der Waals surface area contributed by atoms with Crippen LogP contribution in [-0.2, 0) is 14.0 Å². The van der Waals surface area contributed by atoms with Gasteiger partial charge in [-0.3, -0.25) is 14.5 Å². The number of anilines is 3. The summed E-state index contributed by atoms with van der Waals surface area (Å²) in [6, 6.07) is 41.5. The van der Waals surface area contributed by atoms with Crippen molar-refractivity contribution in [2.24, 2.45) is 17.8 Å². The Morgan fingerprint density at radius 2 is 1.45 bits per heavy atom. The number of aromatic hydroxyl groups is 1. The minimum Gasteiger partial charge on any atom is -0.505 e. The number of para-hydroxylation sites is 1. The van der Waals surface area contributed by atoms with E-state index < -0.39 is 56.3 Å². The minimum atomic E-state index is -3.09. The first-order valence-electron chi connectivity index (χ1n) is 20.5. The molecule has 1 fully saturated rings. The van der Waals surface area contributed by atoms with Crippen molar-refractivity contribution in [2.45, 2.75) is 58.1 Å². The molecule has 2 amide bonds. The lowest BCUT2D eigenvalue weighted by Gasteiger charge is -2.44. The summed E-state index contributed by atoms with van der Waals surface area (Å²) in [5.74, 6) is -4.40. The summed E-state index contributed by atoms with van der Waals surface area (Å²) < 4.78 is 21.5. The third-order valence-electron chi connectivity index (χ3n) is 12.0. The summed E-state index contributed by atoms with van der Waals surface area (Å²) in [7, 11) is -3.09. The third-order valence-corrected chi connectivity index (χ3v) is 17.0. The molecule has 1 aliphatic heterocycles. The van der Waals surface area contributed by atoms with Gasteiger partial charge < -0.3 is 25.1 Å². The summed E-state index contributed by atoms with van der Waals surface area (Å²) in [6.45, 7) is 8.07. The smallest absolute Gasteiger partial charge is 0.261 e. The fraction of sp³-hybridized carbons (Fsp3) is 0.280. The fourth-order valence-corrected chi connectivity index (χ4v) is 13.7. The molecule has 7 rings (SSSR count). The maximum Gasteiger partial charge on any atom is 0.261 e. The van der Waals surface area contributed by atoms with Crippen molar-refractivity contribution in [2.75, 3.05) is 23.4 Å². The molecule has 5 aromatic rings. The van der Waals surface area contributed by atoms with Gasteiger partial charge in [0.15, 0.2) is 11.6 Å². The van der Waals surface area contributed by atoms with Crippen LogP contribution in [0.1, 0.15) is 52.5 Å². The molecule has 310 valence electrons. The van der Waals surface area contributed by atoms with Crippen molar-refractivity contribution in [1.29, 1.82) is 0 Å². The first kappa shape index (κ1) is 42.5. The molecule has 0 spiro atoms. The zero-order chi connectivity index (χ0) is 42.6. The molecule has 8 nitrogen and oxygen atoms in total. The molecule has 4 N–H and O–H groups in total. The third kappa shape index (κ3) is 8.51. The molecule has 60 heavy (non-hydrogen) atoms. The number of rotatable bonds is 14. The molecule has 5 aromatic carbocycles. The number of allylic oxidation sites excluding steroid dienone is 1. The van der Waals surface area contributed by atoms with Crippen LogP contribution in [0.15, 0.2) is 150 Å². The number of imide groups is 1. The number of halogens is 1. The Hall–Kier alpha value is -5.65. The highest BCUT2D eigenvalue weighted by molar-refractivity contribution is 6.99. The molecule has 1 aliphatic carbocycles. The Kier molecular flexibility index (Phi) is 12.7. The normalized spacial score (nSPS) is 19.1. The summed E-state index contributed by atoms with van der Waals surface area (Å²) in [5.41, 5.74) is 4.82. The zero-order valence-electron chi connectivity index (χ0n) is 34.5. The quantitative estimate of drug-likeness (QED) is 0.0504. The molecule has 1 saturated heterocycles. The summed E-state index contributed by atoms with van der Waals surface area (Å²) >= 11 is 0. The van der Waals surface area contributed by atoms with Crippen molar-refractivity contribution < 1.29 is 33.7 Å². The number of nitrogens with one attached hydrogen (secondary N) is 1. The molecule has 1 heterocycles. The van der Waals surface area contributed by atoms with Gasteiger partial charge in [0.1, 0.15) is 0 Å². The lowest BCUT2D eigenvalue weighted by molar-refractivity contribution is -0.123. The van der Waals surface area contributed by atoms with Gasteiger partial charge >= 0.3 is 0 Å². The molecule has 0 unspecified atom stereocenters. The molecule has 2 aliphatic rings. The monoisotopic (exact) mass is 824 g/mol. The minimum absolute atomic E-state index is 0.0856. The first-order valence-corrected chi connectivity index (χ1v) is 22.4. The number of aliphatic hydroxyl groups excluding tert-OH is 2. The van der Waals surface area contributed by atoms with E-state index in [4.69, 9.17) is 4.43 Å². The predicted molar refractivity (Wildman–Crippen MR) is 238 cm³/mol. The Bertz CT molecular complexity index is 2320. The van der Waals surface area contributed by atoms with Crippen molar-refractivity contribution >= 4 is 53.6 Å². The number of fused-ring (bicyclic) bond motifs is 1. The van der Waals surface area contributed by atoms with E-state index in [1.54, 1.807) is 24.3 Å². The number of hydrogen-bond acceptors (Lipinski definition) is 7. The Morgan fingerprint density at radius 1 is 0.867 bits per heavy atom. The van der Waals surface area contributed by atoms with Gasteiger partial charge in [0.2, 0.25) is 11.8 Å². The van der Waals surface area contributed by atoms with Crippen LogP contribution in [-0.4, -0.2) is 54.8 Å². The average Bonchev–Trinajstić information content (AvgIpc) is 3.50. The number of phenols is 1. The second-order valence-corrected chi connectivity index (χ2v) is 21.2. The highest BCUT2D eigenvalue weighted by Gasteiger charge is 2.56. The number of amides is 2. The van der Waals surface area contributed by atoms with Crippen LogP contribution in [0, 0.1) is 23.6 Å². The fourth-order valence-electron chi connectivity index (χ4n) is 9.17. The maximum atomic E-state index is 14.5. The highest BCUT2D eigenvalue weighted by atomic mass is 28.4. The average molecular weight is 825 g/mol. The Balaban J connectivity index is 1.25. The van der Waals surface area contributed by atoms with Crippen molar-refractivity contribution in [1.82, 2.24) is 0 Å². The van der Waals surface area contributed by atoms with Crippen LogP contribution >= 0.6 is 0 Å². The van der Waals surface area contributed by atoms with Crippen molar-refractivity contribution in [3.8, 4) is 5.75 Å². The predicted octanol–water partition coefficient (Wildman–Crippen LogP) is 8.51. The van der Waals surface area contributed by atoms with E-state index >= 15 is 0 Å². The molecule has 10 heteroatoms. The SMILES string of the molecule is C/C(=C\c1ccc(O)c(F)c1)CC[C@@H](O)C1=C(CO[Si](c2ccccc2)(c2ccccc2)C(C)(C)C)C[C@H]2C(=O)N(c3ccc(Nc4ccccc4)cc3)C(=O)[C@H]2[C@H]1CO. The Labute approximate surface area is 352 Å². The molecule has 0 bridgehead atoms. The highest BCUT2D eigenvalue weighted by Crippen LogP contribution is 2.48. The number of benzene rings is 5. The van der Waals surface area contributed by atoms with Gasteiger partial charge in [-0.05, 0) is 107 Å². The van der Waals surface area contributed by atoms with Crippen LogP contribution in [0.25, 0.3) is 6.08 Å². The molecular weight excluding hydrogens is 772 g/mol. The van der Waals surface area contributed by atoms with Crippen LogP contribution in [0.4, 0.5) is 21.5 Å². The van der Waals surface area contributed by atoms with E-state index in [-0.39, 0.29) is 30.4 Å². The van der Waals surface area contributed by atoms with Gasteiger partial charge in [0.25, 0.3) is 8.32 Å². The van der Waals surface area contributed by atoms with Crippen molar-refractivity contribution in [3.05, 3.63) is 162 Å². The van der Waals surface area contributed by atoms with Gasteiger partial charge in [-0.1, -0.05) is 117 Å². The number of aliphatic hydroxyl groups is 2. The van der Waals surface area contributed by atoms with E-state index in [0.717, 1.165) is 27.3 Å². The molecule has 0 aromatic heterocycles. The van der Waals surface area contributed by atoms with Crippen LogP contribution in [0.5, 0.6) is 5.75 Å². The van der Waals surface area contributed by atoms with Crippen LogP contribution in [0.2, 0.25) is 5.04 Å².